The van der Waals surface area contributed by atoms with Crippen LogP contribution in [-0.4, -0.2) is 43.8 Å². The molecule has 1 saturated heterocycles. The van der Waals surface area contributed by atoms with Crippen molar-refractivity contribution in [2.24, 2.45) is 0 Å². The first-order chi connectivity index (χ1) is 21.1. The number of anilines is 1. The van der Waals surface area contributed by atoms with Gasteiger partial charge in [-0.05, 0) is 74.2 Å². The van der Waals surface area contributed by atoms with E-state index in [1.54, 1.807) is 54.6 Å². The Morgan fingerprint density at radius 2 is 1.57 bits per heavy atom. The van der Waals surface area contributed by atoms with E-state index in [-0.39, 0.29) is 41.4 Å². The molecule has 6 nitrogen and oxygen atoms in total. The molecular formula is C35H37F2N3O3S. The third-order valence-corrected chi connectivity index (χ3v) is 10.3. The highest BCUT2D eigenvalue weighted by Gasteiger charge is 2.37. The Morgan fingerprint density at radius 1 is 0.909 bits per heavy atom. The summed E-state index contributed by atoms with van der Waals surface area (Å²) in [5.41, 5.74) is 3.47. The minimum absolute atomic E-state index is 0.0673. The van der Waals surface area contributed by atoms with Crippen LogP contribution < -0.4 is 10.6 Å². The highest BCUT2D eigenvalue weighted by atomic mass is 32.2. The minimum atomic E-state index is -3.77. The van der Waals surface area contributed by atoms with Gasteiger partial charge in [-0.25, -0.2) is 17.2 Å². The molecule has 2 N–H and O–H groups in total. The quantitative estimate of drug-likeness (QED) is 0.215. The second-order valence-corrected chi connectivity index (χ2v) is 13.2. The van der Waals surface area contributed by atoms with Gasteiger partial charge >= 0.3 is 0 Å². The molecule has 1 aliphatic heterocycles. The molecule has 3 atom stereocenters. The number of benzene rings is 4. The van der Waals surface area contributed by atoms with Gasteiger partial charge in [-0.2, -0.15) is 4.31 Å². The Kier molecular flexibility index (Phi) is 9.88. The zero-order chi connectivity index (χ0) is 31.3. The number of nitrogens with one attached hydrogen (secondary N) is 2. The van der Waals surface area contributed by atoms with Crippen LogP contribution in [0.5, 0.6) is 0 Å². The molecule has 5 rings (SSSR count). The van der Waals surface area contributed by atoms with Gasteiger partial charge in [-0.1, -0.05) is 66.2 Å². The maximum atomic E-state index is 15.3. The van der Waals surface area contributed by atoms with Crippen molar-refractivity contribution in [1.29, 1.82) is 0 Å². The van der Waals surface area contributed by atoms with E-state index in [1.165, 1.54) is 22.5 Å². The van der Waals surface area contributed by atoms with Gasteiger partial charge in [-0.3, -0.25) is 4.79 Å². The molecule has 0 spiro atoms. The van der Waals surface area contributed by atoms with Gasteiger partial charge in [-0.15, -0.1) is 0 Å². The molecule has 1 unspecified atom stereocenters. The van der Waals surface area contributed by atoms with Crippen LogP contribution in [0.25, 0.3) is 0 Å². The van der Waals surface area contributed by atoms with Crippen LogP contribution in [0.3, 0.4) is 0 Å². The van der Waals surface area contributed by atoms with Crippen LogP contribution >= 0.6 is 0 Å². The zero-order valence-electron chi connectivity index (χ0n) is 24.8. The first-order valence-electron chi connectivity index (χ1n) is 14.8. The number of halogens is 2. The second kappa shape index (κ2) is 13.8. The number of rotatable bonds is 10. The van der Waals surface area contributed by atoms with Crippen LogP contribution in [0, 0.1) is 18.6 Å². The summed E-state index contributed by atoms with van der Waals surface area (Å²) in [5.74, 6) is -1.47. The van der Waals surface area contributed by atoms with E-state index < -0.39 is 21.9 Å². The van der Waals surface area contributed by atoms with E-state index in [2.05, 4.69) is 10.6 Å². The topological polar surface area (TPSA) is 78.5 Å². The number of nitrogens with zero attached hydrogens (tertiary/aromatic N) is 1. The Hall–Kier alpha value is -3.92. The number of aryl methyl sites for hydroxylation is 1. The summed E-state index contributed by atoms with van der Waals surface area (Å²) in [5, 5.41) is 6.21. The maximum Gasteiger partial charge on any atom is 0.243 e. The molecule has 4 aromatic carbocycles. The summed E-state index contributed by atoms with van der Waals surface area (Å²) >= 11 is 0. The lowest BCUT2D eigenvalue weighted by molar-refractivity contribution is -0.116. The molecule has 4 aromatic rings. The Balaban J connectivity index is 1.35. The Morgan fingerprint density at radius 3 is 2.25 bits per heavy atom. The molecule has 1 fully saturated rings. The molecule has 1 heterocycles. The Labute approximate surface area is 258 Å². The summed E-state index contributed by atoms with van der Waals surface area (Å²) in [6.07, 6.45) is 0.647. The molecule has 230 valence electrons. The molecular weight excluding hydrogens is 580 g/mol. The van der Waals surface area contributed by atoms with E-state index in [9.17, 15) is 17.6 Å². The van der Waals surface area contributed by atoms with Gasteiger partial charge < -0.3 is 10.6 Å². The fourth-order valence-electron chi connectivity index (χ4n) is 5.92. The lowest BCUT2D eigenvalue weighted by Crippen LogP contribution is -2.58. The fourth-order valence-corrected chi connectivity index (χ4v) is 7.79. The highest BCUT2D eigenvalue weighted by molar-refractivity contribution is 7.89. The van der Waals surface area contributed by atoms with E-state index in [4.69, 9.17) is 0 Å². The van der Waals surface area contributed by atoms with Crippen molar-refractivity contribution in [3.8, 4) is 0 Å². The normalized spacial score (nSPS) is 18.1. The third-order valence-electron chi connectivity index (χ3n) is 8.19. The fraction of sp³-hybridized carbons (Fsp3) is 0.286. The van der Waals surface area contributed by atoms with Crippen LogP contribution in [0.2, 0.25) is 0 Å². The van der Waals surface area contributed by atoms with E-state index in [0.717, 1.165) is 16.7 Å². The number of sulfonamides is 1. The van der Waals surface area contributed by atoms with Gasteiger partial charge in [0.1, 0.15) is 11.6 Å². The number of amides is 1. The van der Waals surface area contributed by atoms with Crippen LogP contribution in [-0.2, 0) is 21.2 Å². The van der Waals surface area contributed by atoms with Crippen molar-refractivity contribution in [3.63, 3.8) is 0 Å². The van der Waals surface area contributed by atoms with Crippen molar-refractivity contribution in [2.45, 2.75) is 56.0 Å². The van der Waals surface area contributed by atoms with Crippen molar-refractivity contribution >= 4 is 21.6 Å². The molecule has 0 aliphatic carbocycles. The number of carbonyl (C=O) groups excluding carboxylic acids is 1. The summed E-state index contributed by atoms with van der Waals surface area (Å²) in [4.78, 5) is 13.7. The lowest BCUT2D eigenvalue weighted by Gasteiger charge is -2.40. The molecule has 44 heavy (non-hydrogen) atoms. The zero-order valence-corrected chi connectivity index (χ0v) is 25.7. The highest BCUT2D eigenvalue weighted by Crippen LogP contribution is 2.31. The van der Waals surface area contributed by atoms with E-state index in [1.807, 2.05) is 38.1 Å². The monoisotopic (exact) mass is 617 g/mol. The largest absolute Gasteiger partial charge is 0.326 e. The average Bonchev–Trinajstić information content (AvgIpc) is 3.01. The van der Waals surface area contributed by atoms with Crippen LogP contribution in [0.4, 0.5) is 14.5 Å². The van der Waals surface area contributed by atoms with E-state index >= 15 is 4.39 Å². The second-order valence-electron chi connectivity index (χ2n) is 11.4. The first kappa shape index (κ1) is 31.5. The first-order valence-corrected chi connectivity index (χ1v) is 16.3. The number of piperazine rings is 1. The predicted octanol–water partition coefficient (Wildman–Crippen LogP) is 6.42. The average molecular weight is 618 g/mol. The standard InChI is InChI=1S/C35H37F2N3O3S/c1-24-11-13-26(14-12-24)32(27-15-17-28(36)18-16-27)21-35(41)39-34-10-6-9-33(37)31(34)20-19-29-23-38-22-25(2)40(29)44(42,43)30-7-4-3-5-8-30/h3-18,25,29,32,38H,19-23H2,1-2H3,(H,39,41)/t25-,29+,32?/m1/s1. The number of carbonyl (C=O) groups is 1. The van der Waals surface area contributed by atoms with Crippen LogP contribution in [0.1, 0.15) is 47.9 Å². The Bertz CT molecular complexity index is 1640. The van der Waals surface area contributed by atoms with Crippen molar-refractivity contribution in [1.82, 2.24) is 9.62 Å². The summed E-state index contributed by atoms with van der Waals surface area (Å²) in [6.45, 7) is 4.79. The lowest BCUT2D eigenvalue weighted by atomic mass is 9.87. The van der Waals surface area contributed by atoms with Gasteiger partial charge in [0.05, 0.1) is 4.90 Å². The number of hydrogen-bond acceptors (Lipinski definition) is 4. The predicted molar refractivity (Wildman–Crippen MR) is 169 cm³/mol. The SMILES string of the molecule is Cc1ccc(C(CC(=O)Nc2cccc(F)c2CC[C@H]2CNC[C@@H](C)N2S(=O)(=O)c2ccccc2)c2ccc(F)cc2)cc1. The molecule has 0 radical (unpaired) electrons. The molecule has 9 heteroatoms. The molecule has 0 bridgehead atoms. The summed E-state index contributed by atoms with van der Waals surface area (Å²) in [7, 11) is -3.77. The van der Waals surface area contributed by atoms with Gasteiger partial charge in [0, 0.05) is 48.8 Å². The molecule has 0 aromatic heterocycles. The van der Waals surface area contributed by atoms with Crippen molar-refractivity contribution in [2.75, 3.05) is 18.4 Å². The summed E-state index contributed by atoms with van der Waals surface area (Å²) < 4.78 is 57.7. The summed E-state index contributed by atoms with van der Waals surface area (Å²) in [6, 6.07) is 26.1. The molecule has 1 amide bonds. The van der Waals surface area contributed by atoms with Gasteiger partial charge in [0.25, 0.3) is 0 Å². The van der Waals surface area contributed by atoms with Gasteiger partial charge in [0.15, 0.2) is 0 Å². The van der Waals surface area contributed by atoms with Crippen molar-refractivity contribution < 1.29 is 22.0 Å². The maximum absolute atomic E-state index is 15.3. The van der Waals surface area contributed by atoms with Gasteiger partial charge in [0.2, 0.25) is 15.9 Å². The van der Waals surface area contributed by atoms with Crippen LogP contribution in [0.15, 0.2) is 102 Å². The van der Waals surface area contributed by atoms with E-state index in [0.29, 0.717) is 30.8 Å². The smallest absolute Gasteiger partial charge is 0.243 e. The number of hydrogen-bond donors (Lipinski definition) is 2. The third kappa shape index (κ3) is 7.23. The minimum Gasteiger partial charge on any atom is -0.326 e. The molecule has 1 aliphatic rings. The van der Waals surface area contributed by atoms with Crippen molar-refractivity contribution in [3.05, 3.63) is 131 Å². The molecule has 0 saturated carbocycles.